The summed E-state index contributed by atoms with van der Waals surface area (Å²) in [5, 5.41) is 6.37. The van der Waals surface area contributed by atoms with Crippen molar-refractivity contribution >= 4 is 34.9 Å². The van der Waals surface area contributed by atoms with Crippen LogP contribution in [0.2, 0.25) is 10.0 Å². The molecule has 0 spiro atoms. The van der Waals surface area contributed by atoms with E-state index in [1.807, 2.05) is 6.92 Å². The Morgan fingerprint density at radius 1 is 1.50 bits per heavy atom. The van der Waals surface area contributed by atoms with Crippen molar-refractivity contribution in [3.8, 4) is 0 Å². The average Bonchev–Trinajstić information content (AvgIpc) is 2.40. The number of carbonyl (C=O) groups is 1. The number of urea groups is 1. The molecule has 1 aliphatic carbocycles. The molecule has 1 saturated carbocycles. The summed E-state index contributed by atoms with van der Waals surface area (Å²) in [4.78, 5) is 11.9. The lowest BCUT2D eigenvalue weighted by Crippen LogP contribution is -2.65. The third-order valence-corrected chi connectivity index (χ3v) is 3.79. The number of halogens is 2. The fraction of sp³-hybridized carbons (Fsp3) is 0.462. The summed E-state index contributed by atoms with van der Waals surface area (Å²) in [5.74, 6) is 0. The molecule has 4 N–H and O–H groups in total. The summed E-state index contributed by atoms with van der Waals surface area (Å²) in [5.41, 5.74) is 6.33. The van der Waals surface area contributed by atoms with Gasteiger partial charge in [-0.25, -0.2) is 4.79 Å². The van der Waals surface area contributed by atoms with Gasteiger partial charge in [-0.2, -0.15) is 0 Å². The van der Waals surface area contributed by atoms with E-state index >= 15 is 0 Å². The minimum atomic E-state index is -0.376. The lowest BCUT2D eigenvalue weighted by molar-refractivity contribution is -0.0277. The molecule has 0 heterocycles. The van der Waals surface area contributed by atoms with Crippen molar-refractivity contribution in [1.29, 1.82) is 0 Å². The van der Waals surface area contributed by atoms with Crippen molar-refractivity contribution in [2.24, 2.45) is 5.73 Å². The summed E-state index contributed by atoms with van der Waals surface area (Å²) in [6, 6.07) is 4.21. The topological polar surface area (TPSA) is 76.4 Å². The molecule has 1 aromatic carbocycles. The van der Waals surface area contributed by atoms with Crippen molar-refractivity contribution in [1.82, 2.24) is 5.32 Å². The zero-order valence-corrected chi connectivity index (χ0v) is 12.5. The van der Waals surface area contributed by atoms with Gasteiger partial charge in [0.25, 0.3) is 0 Å². The molecule has 1 aromatic rings. The Labute approximate surface area is 127 Å². The van der Waals surface area contributed by atoms with E-state index in [0.29, 0.717) is 22.3 Å². The Morgan fingerprint density at radius 2 is 2.25 bits per heavy atom. The average molecular weight is 318 g/mol. The molecule has 2 amide bonds. The van der Waals surface area contributed by atoms with Crippen molar-refractivity contribution in [2.75, 3.05) is 11.9 Å². The largest absolute Gasteiger partial charge is 0.376 e. The van der Waals surface area contributed by atoms with E-state index in [1.165, 1.54) is 0 Å². The Bertz CT molecular complexity index is 497. The lowest BCUT2D eigenvalue weighted by Gasteiger charge is -2.42. The van der Waals surface area contributed by atoms with E-state index in [4.69, 9.17) is 33.7 Å². The van der Waals surface area contributed by atoms with Gasteiger partial charge in [0.15, 0.2) is 0 Å². The van der Waals surface area contributed by atoms with Crippen LogP contribution in [0.15, 0.2) is 18.2 Å². The number of benzene rings is 1. The van der Waals surface area contributed by atoms with E-state index < -0.39 is 0 Å². The molecular formula is C13H17Cl2N3O2. The van der Waals surface area contributed by atoms with Crippen LogP contribution in [0.4, 0.5) is 10.5 Å². The Morgan fingerprint density at radius 3 is 2.90 bits per heavy atom. The summed E-state index contributed by atoms with van der Waals surface area (Å²) in [6.45, 7) is 2.50. The number of rotatable bonds is 4. The standard InChI is InChI=1S/C13H17Cl2N3O2/c1-2-20-11-6-9(16)12(11)18-13(19)17-10-5-7(14)3-4-8(10)15/h3-5,9,11-12H,2,6,16H2,1H3,(H2,17,18,19). The molecule has 0 radical (unpaired) electrons. The normalized spacial score (nSPS) is 24.9. The highest BCUT2D eigenvalue weighted by Gasteiger charge is 2.40. The molecule has 3 unspecified atom stereocenters. The highest BCUT2D eigenvalue weighted by Crippen LogP contribution is 2.26. The highest BCUT2D eigenvalue weighted by atomic mass is 35.5. The van der Waals surface area contributed by atoms with Crippen LogP contribution in [0.1, 0.15) is 13.3 Å². The van der Waals surface area contributed by atoms with Crippen LogP contribution in [0.5, 0.6) is 0 Å². The molecule has 1 aliphatic rings. The van der Waals surface area contributed by atoms with Crippen LogP contribution in [0, 0.1) is 0 Å². The number of ether oxygens (including phenoxy) is 1. The monoisotopic (exact) mass is 317 g/mol. The van der Waals surface area contributed by atoms with Gasteiger partial charge in [0.2, 0.25) is 0 Å². The molecule has 5 nitrogen and oxygen atoms in total. The molecule has 0 saturated heterocycles. The number of anilines is 1. The first-order valence-electron chi connectivity index (χ1n) is 6.41. The summed E-state index contributed by atoms with van der Waals surface area (Å²) < 4.78 is 5.49. The van der Waals surface area contributed by atoms with Crippen LogP contribution in [0.25, 0.3) is 0 Å². The smallest absolute Gasteiger partial charge is 0.319 e. The highest BCUT2D eigenvalue weighted by molar-refractivity contribution is 6.35. The van der Waals surface area contributed by atoms with E-state index in [2.05, 4.69) is 10.6 Å². The van der Waals surface area contributed by atoms with E-state index in [1.54, 1.807) is 18.2 Å². The molecule has 2 rings (SSSR count). The predicted molar refractivity (Wildman–Crippen MR) is 80.4 cm³/mol. The maximum atomic E-state index is 11.9. The van der Waals surface area contributed by atoms with Gasteiger partial charge < -0.3 is 21.1 Å². The Balaban J connectivity index is 1.93. The summed E-state index contributed by atoms with van der Waals surface area (Å²) >= 11 is 11.8. The van der Waals surface area contributed by atoms with Gasteiger partial charge in [0, 0.05) is 17.7 Å². The third kappa shape index (κ3) is 3.55. The van der Waals surface area contributed by atoms with E-state index in [0.717, 1.165) is 6.42 Å². The second-order valence-corrected chi connectivity index (χ2v) is 5.49. The first kappa shape index (κ1) is 15.4. The molecule has 110 valence electrons. The number of nitrogens with one attached hydrogen (secondary N) is 2. The van der Waals surface area contributed by atoms with Crippen LogP contribution in [-0.2, 0) is 4.74 Å². The number of hydrogen-bond donors (Lipinski definition) is 3. The van der Waals surface area contributed by atoms with Gasteiger partial charge in [-0.05, 0) is 31.5 Å². The van der Waals surface area contributed by atoms with Crippen LogP contribution >= 0.6 is 23.2 Å². The first-order valence-corrected chi connectivity index (χ1v) is 7.16. The molecule has 0 aliphatic heterocycles. The van der Waals surface area contributed by atoms with Gasteiger partial charge in [-0.1, -0.05) is 23.2 Å². The third-order valence-electron chi connectivity index (χ3n) is 3.22. The fourth-order valence-corrected chi connectivity index (χ4v) is 2.47. The van der Waals surface area contributed by atoms with Crippen molar-refractivity contribution in [2.45, 2.75) is 31.5 Å². The van der Waals surface area contributed by atoms with Crippen molar-refractivity contribution < 1.29 is 9.53 Å². The molecule has 3 atom stereocenters. The van der Waals surface area contributed by atoms with Crippen LogP contribution in [-0.4, -0.2) is 30.8 Å². The lowest BCUT2D eigenvalue weighted by atomic mass is 9.83. The number of amides is 2. The minimum Gasteiger partial charge on any atom is -0.376 e. The second kappa shape index (κ2) is 6.63. The summed E-state index contributed by atoms with van der Waals surface area (Å²) in [7, 11) is 0. The number of carbonyl (C=O) groups excluding carboxylic acids is 1. The molecule has 0 bridgehead atoms. The van der Waals surface area contributed by atoms with Gasteiger partial charge in [0.05, 0.1) is 22.9 Å². The zero-order chi connectivity index (χ0) is 14.7. The van der Waals surface area contributed by atoms with Gasteiger partial charge >= 0.3 is 6.03 Å². The maximum Gasteiger partial charge on any atom is 0.319 e. The minimum absolute atomic E-state index is 0.0319. The summed E-state index contributed by atoms with van der Waals surface area (Å²) in [6.07, 6.45) is 0.715. The first-order chi connectivity index (χ1) is 9.51. The molecular weight excluding hydrogens is 301 g/mol. The molecule has 1 fully saturated rings. The Kier molecular flexibility index (Phi) is 5.10. The van der Waals surface area contributed by atoms with Crippen LogP contribution < -0.4 is 16.4 Å². The van der Waals surface area contributed by atoms with E-state index in [9.17, 15) is 4.79 Å². The quantitative estimate of drug-likeness (QED) is 0.799. The second-order valence-electron chi connectivity index (χ2n) is 4.64. The van der Waals surface area contributed by atoms with Crippen LogP contribution in [0.3, 0.4) is 0 Å². The van der Waals surface area contributed by atoms with Gasteiger partial charge in [-0.3, -0.25) is 0 Å². The Hall–Kier alpha value is -1.01. The fourth-order valence-electron chi connectivity index (χ4n) is 2.13. The number of hydrogen-bond acceptors (Lipinski definition) is 3. The SMILES string of the molecule is CCOC1CC(N)C1NC(=O)Nc1cc(Cl)ccc1Cl. The van der Waals surface area contributed by atoms with Gasteiger partial charge in [-0.15, -0.1) is 0 Å². The maximum absolute atomic E-state index is 11.9. The molecule has 7 heteroatoms. The van der Waals surface area contributed by atoms with E-state index in [-0.39, 0.29) is 24.2 Å². The molecule has 0 aromatic heterocycles. The molecule has 20 heavy (non-hydrogen) atoms. The van der Waals surface area contributed by atoms with Gasteiger partial charge in [0.1, 0.15) is 0 Å². The van der Waals surface area contributed by atoms with Crippen molar-refractivity contribution in [3.05, 3.63) is 28.2 Å². The predicted octanol–water partition coefficient (Wildman–Crippen LogP) is 2.62. The zero-order valence-electron chi connectivity index (χ0n) is 11.0. The van der Waals surface area contributed by atoms with Crippen molar-refractivity contribution in [3.63, 3.8) is 0 Å². The number of nitrogens with two attached hydrogens (primary N) is 1.